The van der Waals surface area contributed by atoms with Crippen LogP contribution in [0, 0.1) is 0 Å². The number of carbonyl (C=O) groups is 1. The van der Waals surface area contributed by atoms with Gasteiger partial charge in [-0.1, -0.05) is 0 Å². The van der Waals surface area contributed by atoms with E-state index in [1.807, 2.05) is 0 Å². The van der Waals surface area contributed by atoms with Crippen LogP contribution in [0.15, 0.2) is 0 Å². The van der Waals surface area contributed by atoms with Gasteiger partial charge in [-0.05, 0) is 6.92 Å². The molecule has 0 saturated carbocycles. The fourth-order valence-corrected chi connectivity index (χ4v) is 0.803. The number of nitrogens with two attached hydrogens (primary N) is 1. The van der Waals surface area contributed by atoms with Gasteiger partial charge < -0.3 is 20.9 Å². The molecule has 0 rings (SSSR count). The second-order valence-corrected chi connectivity index (χ2v) is 2.95. The maximum absolute atomic E-state index is 11.1. The van der Waals surface area contributed by atoms with Crippen LogP contribution in [0.4, 0.5) is 0 Å². The highest BCUT2D eigenvalue weighted by Crippen LogP contribution is 1.94. The van der Waals surface area contributed by atoms with Crippen LogP contribution in [0.2, 0.25) is 0 Å². The van der Waals surface area contributed by atoms with Gasteiger partial charge in [-0.15, -0.1) is 0 Å². The van der Waals surface area contributed by atoms with Gasteiger partial charge in [0.1, 0.15) is 0 Å². The van der Waals surface area contributed by atoms with Gasteiger partial charge >= 0.3 is 0 Å². The Hall–Kier alpha value is -0.650. The summed E-state index contributed by atoms with van der Waals surface area (Å²) in [6, 6.07) is 0. The second kappa shape index (κ2) is 6.82. The Morgan fingerprint density at radius 1 is 1.69 bits per heavy atom. The molecule has 0 spiro atoms. The Morgan fingerprint density at radius 3 is 2.69 bits per heavy atom. The first-order chi connectivity index (χ1) is 6.10. The highest BCUT2D eigenvalue weighted by atomic mass is 16.5. The third-order valence-electron chi connectivity index (χ3n) is 1.60. The van der Waals surface area contributed by atoms with Crippen LogP contribution in [0.25, 0.3) is 0 Å². The number of amides is 1. The van der Waals surface area contributed by atoms with Crippen molar-refractivity contribution in [2.24, 2.45) is 5.73 Å². The minimum absolute atomic E-state index is 0.154. The molecule has 4 N–H and O–H groups in total. The molecular weight excluding hydrogens is 172 g/mol. The van der Waals surface area contributed by atoms with Crippen LogP contribution < -0.4 is 11.1 Å². The average Bonchev–Trinajstić information content (AvgIpc) is 2.10. The highest BCUT2D eigenvalue weighted by Gasteiger charge is 2.11. The van der Waals surface area contributed by atoms with E-state index in [0.717, 1.165) is 0 Å². The second-order valence-electron chi connectivity index (χ2n) is 2.95. The molecule has 0 radical (unpaired) electrons. The Kier molecular flexibility index (Phi) is 6.48. The van der Waals surface area contributed by atoms with Crippen LogP contribution in [0.5, 0.6) is 0 Å². The zero-order chi connectivity index (χ0) is 10.3. The van der Waals surface area contributed by atoms with E-state index in [4.69, 9.17) is 15.6 Å². The zero-order valence-electron chi connectivity index (χ0n) is 8.12. The largest absolute Gasteiger partial charge is 0.392 e. The average molecular weight is 190 g/mol. The van der Waals surface area contributed by atoms with Gasteiger partial charge in [0, 0.05) is 20.2 Å². The summed E-state index contributed by atoms with van der Waals surface area (Å²) in [6.45, 7) is 2.19. The van der Waals surface area contributed by atoms with Crippen molar-refractivity contribution in [1.29, 1.82) is 0 Å². The van der Waals surface area contributed by atoms with E-state index < -0.39 is 6.10 Å². The van der Waals surface area contributed by atoms with Crippen molar-refractivity contribution in [3.63, 3.8) is 0 Å². The molecule has 5 nitrogen and oxygen atoms in total. The molecule has 0 bridgehead atoms. The Balaban J connectivity index is 3.60. The molecule has 2 atom stereocenters. The SMILES string of the molecule is COC(CN)CC(=O)NC[C@@H](C)O. The number of methoxy groups -OCH3 is 1. The van der Waals surface area contributed by atoms with E-state index in [1.54, 1.807) is 6.92 Å². The number of aliphatic hydroxyl groups is 1. The predicted molar refractivity (Wildman–Crippen MR) is 49.2 cm³/mol. The topological polar surface area (TPSA) is 84.6 Å². The lowest BCUT2D eigenvalue weighted by Gasteiger charge is -2.13. The van der Waals surface area contributed by atoms with Gasteiger partial charge in [0.2, 0.25) is 5.91 Å². The van der Waals surface area contributed by atoms with Crippen molar-refractivity contribution >= 4 is 5.91 Å². The molecule has 0 aliphatic heterocycles. The van der Waals surface area contributed by atoms with Gasteiger partial charge in [0.25, 0.3) is 0 Å². The van der Waals surface area contributed by atoms with E-state index in [1.165, 1.54) is 7.11 Å². The van der Waals surface area contributed by atoms with Crippen LogP contribution in [0.3, 0.4) is 0 Å². The molecule has 0 heterocycles. The number of hydrogen-bond acceptors (Lipinski definition) is 4. The van der Waals surface area contributed by atoms with E-state index in [2.05, 4.69) is 5.32 Å². The Labute approximate surface area is 78.3 Å². The lowest BCUT2D eigenvalue weighted by molar-refractivity contribution is -0.123. The summed E-state index contributed by atoms with van der Waals surface area (Å²) in [5, 5.41) is 11.4. The summed E-state index contributed by atoms with van der Waals surface area (Å²) < 4.78 is 4.93. The summed E-state index contributed by atoms with van der Waals surface area (Å²) in [5.74, 6) is -0.154. The number of hydrogen-bond donors (Lipinski definition) is 3. The lowest BCUT2D eigenvalue weighted by Crippen LogP contribution is -2.35. The third-order valence-corrected chi connectivity index (χ3v) is 1.60. The van der Waals surface area contributed by atoms with E-state index in [9.17, 15) is 4.79 Å². The fraction of sp³-hybridized carbons (Fsp3) is 0.875. The number of ether oxygens (including phenoxy) is 1. The monoisotopic (exact) mass is 190 g/mol. The molecular formula is C8H18N2O3. The molecule has 13 heavy (non-hydrogen) atoms. The number of aliphatic hydroxyl groups excluding tert-OH is 1. The molecule has 0 aromatic rings. The minimum Gasteiger partial charge on any atom is -0.392 e. The molecule has 0 fully saturated rings. The number of carbonyl (C=O) groups excluding carboxylic acids is 1. The zero-order valence-corrected chi connectivity index (χ0v) is 8.12. The van der Waals surface area contributed by atoms with Crippen LogP contribution in [-0.4, -0.2) is 43.4 Å². The molecule has 0 aromatic carbocycles. The summed E-state index contributed by atoms with van der Waals surface area (Å²) in [7, 11) is 1.51. The molecule has 78 valence electrons. The van der Waals surface area contributed by atoms with Crippen molar-refractivity contribution in [3.05, 3.63) is 0 Å². The first kappa shape index (κ1) is 12.3. The van der Waals surface area contributed by atoms with E-state index in [0.29, 0.717) is 6.54 Å². The predicted octanol–water partition coefficient (Wildman–Crippen LogP) is -1.15. The van der Waals surface area contributed by atoms with Crippen molar-refractivity contribution in [3.8, 4) is 0 Å². The molecule has 0 aliphatic rings. The molecule has 5 heteroatoms. The third kappa shape index (κ3) is 6.51. The first-order valence-corrected chi connectivity index (χ1v) is 4.27. The fourth-order valence-electron chi connectivity index (χ4n) is 0.803. The number of nitrogens with one attached hydrogen (secondary N) is 1. The van der Waals surface area contributed by atoms with Crippen molar-refractivity contribution in [2.45, 2.75) is 25.6 Å². The molecule has 1 amide bonds. The van der Waals surface area contributed by atoms with Gasteiger partial charge in [0.15, 0.2) is 0 Å². The maximum Gasteiger partial charge on any atom is 0.222 e. The Morgan fingerprint density at radius 2 is 2.31 bits per heavy atom. The smallest absolute Gasteiger partial charge is 0.222 e. The summed E-state index contributed by atoms with van der Waals surface area (Å²) in [4.78, 5) is 11.1. The number of rotatable bonds is 6. The molecule has 1 unspecified atom stereocenters. The Bertz CT molecular complexity index is 146. The summed E-state index contributed by atoms with van der Waals surface area (Å²) in [5.41, 5.74) is 5.33. The summed E-state index contributed by atoms with van der Waals surface area (Å²) >= 11 is 0. The van der Waals surface area contributed by atoms with Crippen LogP contribution >= 0.6 is 0 Å². The molecule has 0 aromatic heterocycles. The highest BCUT2D eigenvalue weighted by molar-refractivity contribution is 5.76. The molecule has 0 aliphatic carbocycles. The normalized spacial score (nSPS) is 15.1. The standard InChI is InChI=1S/C8H18N2O3/c1-6(11)5-10-8(12)3-7(4-9)13-2/h6-7,11H,3-5,9H2,1-2H3,(H,10,12)/t6-,7?/m1/s1. The van der Waals surface area contributed by atoms with Gasteiger partial charge in [-0.2, -0.15) is 0 Å². The van der Waals surface area contributed by atoms with Crippen LogP contribution in [0.1, 0.15) is 13.3 Å². The van der Waals surface area contributed by atoms with Crippen LogP contribution in [-0.2, 0) is 9.53 Å². The van der Waals surface area contributed by atoms with Gasteiger partial charge in [0.05, 0.1) is 18.6 Å². The summed E-state index contributed by atoms with van der Waals surface area (Å²) in [6.07, 6.45) is -0.531. The van der Waals surface area contributed by atoms with Crippen molar-refractivity contribution < 1.29 is 14.6 Å². The van der Waals surface area contributed by atoms with Crippen molar-refractivity contribution in [2.75, 3.05) is 20.2 Å². The first-order valence-electron chi connectivity index (χ1n) is 4.27. The lowest BCUT2D eigenvalue weighted by atomic mass is 10.2. The maximum atomic E-state index is 11.1. The van der Waals surface area contributed by atoms with E-state index >= 15 is 0 Å². The minimum atomic E-state index is -0.525. The van der Waals surface area contributed by atoms with Gasteiger partial charge in [-0.3, -0.25) is 4.79 Å². The van der Waals surface area contributed by atoms with Crippen molar-refractivity contribution in [1.82, 2.24) is 5.32 Å². The van der Waals surface area contributed by atoms with E-state index in [-0.39, 0.29) is 25.0 Å². The van der Waals surface area contributed by atoms with Gasteiger partial charge in [-0.25, -0.2) is 0 Å². The molecule has 0 saturated heterocycles. The quantitative estimate of drug-likeness (QED) is 0.493.